The minimum atomic E-state index is -3.24. The Balaban J connectivity index is 2.44. The summed E-state index contributed by atoms with van der Waals surface area (Å²) in [6.45, 7) is 0.851. The Kier molecular flexibility index (Phi) is 7.35. The van der Waals surface area contributed by atoms with Gasteiger partial charge in [0.2, 0.25) is 10.0 Å². The first-order chi connectivity index (χ1) is 9.57. The first-order valence-electron chi connectivity index (χ1n) is 6.56. The fraction of sp³-hybridized carbons (Fsp3) is 0.538. The molecule has 7 heteroatoms. The lowest BCUT2D eigenvalue weighted by Gasteiger charge is -2.02. The normalized spacial score (nSPS) is 12.1. The second kappa shape index (κ2) is 8.78. The van der Waals surface area contributed by atoms with Crippen LogP contribution in [0.2, 0.25) is 0 Å². The maximum absolute atomic E-state index is 11.4. The van der Waals surface area contributed by atoms with Crippen molar-refractivity contribution < 1.29 is 13.5 Å². The number of rotatable bonds is 9. The number of aliphatic hydroxyl groups is 1. The van der Waals surface area contributed by atoms with Crippen molar-refractivity contribution >= 4 is 15.7 Å². The summed E-state index contributed by atoms with van der Waals surface area (Å²) in [6.07, 6.45) is 2.64. The molecular formula is C13H21N3O3S. The summed E-state index contributed by atoms with van der Waals surface area (Å²) < 4.78 is 25.0. The number of hydrogen-bond donors (Lipinski definition) is 2. The van der Waals surface area contributed by atoms with E-state index in [0.717, 1.165) is 19.3 Å². The first kappa shape index (κ1) is 16.7. The molecule has 2 N–H and O–H groups in total. The Morgan fingerprint density at radius 1 is 1.15 bits per heavy atom. The van der Waals surface area contributed by atoms with Crippen molar-refractivity contribution in [1.82, 2.24) is 4.72 Å². The molecule has 6 nitrogen and oxygen atoms in total. The van der Waals surface area contributed by atoms with E-state index in [1.807, 2.05) is 0 Å². The molecule has 0 saturated heterocycles. The minimum absolute atomic E-state index is 0.0396. The number of benzene rings is 1. The van der Waals surface area contributed by atoms with E-state index in [9.17, 15) is 8.42 Å². The third-order valence-corrected chi connectivity index (χ3v) is 4.04. The van der Waals surface area contributed by atoms with Gasteiger partial charge in [-0.1, -0.05) is 12.1 Å². The number of nitrogens with zero attached hydrogens (tertiary/aromatic N) is 2. The molecule has 0 aliphatic heterocycles. The van der Waals surface area contributed by atoms with Crippen molar-refractivity contribution in [3.8, 4) is 0 Å². The fourth-order valence-electron chi connectivity index (χ4n) is 1.55. The van der Waals surface area contributed by atoms with Gasteiger partial charge in [-0.3, -0.25) is 0 Å². The van der Waals surface area contributed by atoms with Gasteiger partial charge >= 0.3 is 0 Å². The van der Waals surface area contributed by atoms with Crippen molar-refractivity contribution in [2.45, 2.75) is 25.0 Å². The van der Waals surface area contributed by atoms with Gasteiger partial charge in [0.1, 0.15) is 0 Å². The van der Waals surface area contributed by atoms with Crippen LogP contribution in [0.25, 0.3) is 0 Å². The lowest BCUT2D eigenvalue weighted by Crippen LogP contribution is -2.20. The topological polar surface area (TPSA) is 91.1 Å². The predicted molar refractivity (Wildman–Crippen MR) is 78.4 cm³/mol. The van der Waals surface area contributed by atoms with E-state index in [1.165, 1.54) is 7.05 Å². The molecule has 1 rings (SSSR count). The summed E-state index contributed by atoms with van der Waals surface area (Å²) in [7, 11) is -1.84. The zero-order chi connectivity index (χ0) is 14.8. The van der Waals surface area contributed by atoms with Gasteiger partial charge in [-0.15, -0.1) is 0 Å². The second-order valence-electron chi connectivity index (χ2n) is 4.38. The Morgan fingerprint density at radius 2 is 1.85 bits per heavy atom. The fourth-order valence-corrected chi connectivity index (χ4v) is 2.33. The SMILES string of the molecule is CNS(=O)(=O)Cc1ccc(N=NCCCCCO)cc1. The van der Waals surface area contributed by atoms with Crippen LogP contribution in [-0.4, -0.2) is 33.7 Å². The lowest BCUT2D eigenvalue weighted by atomic mass is 10.2. The molecule has 0 saturated carbocycles. The summed E-state index contributed by atoms with van der Waals surface area (Å²) in [5.41, 5.74) is 1.42. The molecule has 0 aliphatic carbocycles. The van der Waals surface area contributed by atoms with Gasteiger partial charge in [-0.05, 0) is 44.0 Å². The minimum Gasteiger partial charge on any atom is -0.396 e. The van der Waals surface area contributed by atoms with Crippen LogP contribution in [0.3, 0.4) is 0 Å². The number of aliphatic hydroxyl groups excluding tert-OH is 1. The number of azo groups is 1. The molecule has 1 aromatic rings. The van der Waals surface area contributed by atoms with Crippen molar-refractivity contribution in [1.29, 1.82) is 0 Å². The van der Waals surface area contributed by atoms with Crippen LogP contribution in [0.1, 0.15) is 24.8 Å². The van der Waals surface area contributed by atoms with E-state index in [0.29, 0.717) is 17.8 Å². The van der Waals surface area contributed by atoms with E-state index in [1.54, 1.807) is 24.3 Å². The molecule has 0 fully saturated rings. The summed E-state index contributed by atoms with van der Waals surface area (Å²) >= 11 is 0. The molecule has 0 atom stereocenters. The molecule has 0 heterocycles. The highest BCUT2D eigenvalue weighted by Gasteiger charge is 2.07. The standard InChI is InChI=1S/C13H21N3O3S/c1-14-20(18,19)11-12-5-7-13(8-6-12)16-15-9-3-2-4-10-17/h5-8,14,17H,2-4,9-11H2,1H3. The maximum Gasteiger partial charge on any atom is 0.215 e. The third-order valence-electron chi connectivity index (χ3n) is 2.71. The predicted octanol–water partition coefficient (Wildman–Crippen LogP) is 1.98. The highest BCUT2D eigenvalue weighted by Crippen LogP contribution is 2.15. The van der Waals surface area contributed by atoms with Gasteiger partial charge < -0.3 is 5.11 Å². The van der Waals surface area contributed by atoms with E-state index in [4.69, 9.17) is 5.11 Å². The summed E-state index contributed by atoms with van der Waals surface area (Å²) in [6, 6.07) is 6.96. The van der Waals surface area contributed by atoms with Crippen LogP contribution in [0.15, 0.2) is 34.5 Å². The molecule has 20 heavy (non-hydrogen) atoms. The zero-order valence-electron chi connectivity index (χ0n) is 11.6. The number of sulfonamides is 1. The monoisotopic (exact) mass is 299 g/mol. The maximum atomic E-state index is 11.4. The number of nitrogens with one attached hydrogen (secondary N) is 1. The quantitative estimate of drug-likeness (QED) is 0.539. The molecule has 112 valence electrons. The van der Waals surface area contributed by atoms with Gasteiger partial charge in [-0.25, -0.2) is 13.1 Å². The lowest BCUT2D eigenvalue weighted by molar-refractivity contribution is 0.283. The summed E-state index contributed by atoms with van der Waals surface area (Å²) in [4.78, 5) is 0. The molecule has 0 aliphatic rings. The molecule has 0 spiro atoms. The van der Waals surface area contributed by atoms with Crippen LogP contribution in [-0.2, 0) is 15.8 Å². The van der Waals surface area contributed by atoms with Gasteiger partial charge in [0.05, 0.1) is 18.0 Å². The van der Waals surface area contributed by atoms with Crippen LogP contribution in [0.5, 0.6) is 0 Å². The number of hydrogen-bond acceptors (Lipinski definition) is 5. The average molecular weight is 299 g/mol. The molecule has 0 bridgehead atoms. The van der Waals surface area contributed by atoms with Gasteiger partial charge in [0.25, 0.3) is 0 Å². The summed E-state index contributed by atoms with van der Waals surface area (Å²) in [5.74, 6) is -0.0396. The van der Waals surface area contributed by atoms with Crippen molar-refractivity contribution in [2.24, 2.45) is 10.2 Å². The Labute approximate surface area is 120 Å². The van der Waals surface area contributed by atoms with E-state index in [-0.39, 0.29) is 12.4 Å². The van der Waals surface area contributed by atoms with Crippen LogP contribution < -0.4 is 4.72 Å². The average Bonchev–Trinajstić information content (AvgIpc) is 2.44. The Morgan fingerprint density at radius 3 is 2.45 bits per heavy atom. The smallest absolute Gasteiger partial charge is 0.215 e. The molecule has 0 radical (unpaired) electrons. The Hall–Kier alpha value is -1.31. The van der Waals surface area contributed by atoms with Crippen molar-refractivity contribution in [2.75, 3.05) is 20.2 Å². The van der Waals surface area contributed by atoms with Crippen LogP contribution in [0, 0.1) is 0 Å². The van der Waals surface area contributed by atoms with Crippen molar-refractivity contribution in [3.05, 3.63) is 29.8 Å². The highest BCUT2D eigenvalue weighted by molar-refractivity contribution is 7.88. The first-order valence-corrected chi connectivity index (χ1v) is 8.21. The van der Waals surface area contributed by atoms with Gasteiger partial charge in [-0.2, -0.15) is 10.2 Å². The number of unbranched alkanes of at least 4 members (excludes halogenated alkanes) is 2. The highest BCUT2D eigenvalue weighted by atomic mass is 32.2. The molecule has 0 unspecified atom stereocenters. The summed E-state index contributed by atoms with van der Waals surface area (Å²) in [5, 5.41) is 16.7. The molecule has 0 amide bonds. The third kappa shape index (κ3) is 6.74. The zero-order valence-corrected chi connectivity index (χ0v) is 12.4. The molecular weight excluding hydrogens is 278 g/mol. The van der Waals surface area contributed by atoms with E-state index in [2.05, 4.69) is 15.0 Å². The molecule has 0 aromatic heterocycles. The second-order valence-corrected chi connectivity index (χ2v) is 6.31. The largest absolute Gasteiger partial charge is 0.396 e. The van der Waals surface area contributed by atoms with Gasteiger partial charge in [0, 0.05) is 6.61 Å². The van der Waals surface area contributed by atoms with Crippen LogP contribution in [0.4, 0.5) is 5.69 Å². The van der Waals surface area contributed by atoms with Gasteiger partial charge in [0.15, 0.2) is 0 Å². The van der Waals surface area contributed by atoms with Crippen LogP contribution >= 0.6 is 0 Å². The molecule has 1 aromatic carbocycles. The Bertz CT molecular complexity index is 512. The van der Waals surface area contributed by atoms with Crippen molar-refractivity contribution in [3.63, 3.8) is 0 Å². The van der Waals surface area contributed by atoms with E-state index >= 15 is 0 Å². The van der Waals surface area contributed by atoms with E-state index < -0.39 is 10.0 Å².